The second kappa shape index (κ2) is 51.1. The third-order valence-corrected chi connectivity index (χ3v) is 15.4. The number of ether oxygens (including phenoxy) is 6. The van der Waals surface area contributed by atoms with Crippen LogP contribution in [-0.4, -0.2) is 76.7 Å². The van der Waals surface area contributed by atoms with E-state index >= 15 is 0 Å². The highest BCUT2D eigenvalue weighted by molar-refractivity contribution is 5.81. The first-order chi connectivity index (χ1) is 35.9. The molecule has 74 heavy (non-hydrogen) atoms. The summed E-state index contributed by atoms with van der Waals surface area (Å²) in [5.74, 6) is 0.0948. The van der Waals surface area contributed by atoms with E-state index < -0.39 is 22.8 Å². The molecular formula is C64H118O10. The minimum absolute atomic E-state index is 0.138. The van der Waals surface area contributed by atoms with Gasteiger partial charge in [0.25, 0.3) is 0 Å². The van der Waals surface area contributed by atoms with Gasteiger partial charge in [0.1, 0.15) is 26.4 Å². The number of carbonyl (C=O) groups is 4. The van der Waals surface area contributed by atoms with Crippen LogP contribution in [0, 0.1) is 22.7 Å². The van der Waals surface area contributed by atoms with Crippen molar-refractivity contribution in [2.45, 2.75) is 286 Å². The zero-order valence-corrected chi connectivity index (χ0v) is 49.3. The third-order valence-electron chi connectivity index (χ3n) is 15.4. The lowest BCUT2D eigenvalue weighted by atomic mass is 9.88. The summed E-state index contributed by atoms with van der Waals surface area (Å²) in [4.78, 5) is 49.4. The van der Waals surface area contributed by atoms with Crippen LogP contribution >= 0.6 is 0 Å². The smallest absolute Gasteiger partial charge is 0.330 e. The Balaban J connectivity index is 4.23. The predicted molar refractivity (Wildman–Crippen MR) is 307 cm³/mol. The molecule has 0 fully saturated rings. The molecule has 10 nitrogen and oxygen atoms in total. The zero-order chi connectivity index (χ0) is 54.6. The van der Waals surface area contributed by atoms with E-state index in [2.05, 4.69) is 40.9 Å². The standard InChI is InChI=1S/C64H118O10/c1-9-15-17-19-21-23-25-27-33-41-49-69-51-63(13-5,53-71-59(65)11-3)55-73-61(67)47-37-31-29-35-43-57(7)45-39-40-46-58(8)44-36-30-32-38-48-62(68)74-56-64(14-6,54-72-60(66)12-4)52-70-50-42-34-28-26-24-22-20-18-16-10-2/h11-12,57-58H,3-4,9-10,13-56H2,1-2,5-8H3. The predicted octanol–water partition coefficient (Wildman–Crippen LogP) is 17.7. The fraction of sp³-hybridized carbons (Fsp3) is 0.875. The Morgan fingerprint density at radius 1 is 0.365 bits per heavy atom. The van der Waals surface area contributed by atoms with E-state index in [1.54, 1.807) is 0 Å². The molecule has 0 aliphatic carbocycles. The molecule has 0 aromatic carbocycles. The molecule has 0 N–H and O–H groups in total. The Kier molecular flexibility index (Phi) is 49.2. The lowest BCUT2D eigenvalue weighted by Crippen LogP contribution is -2.38. The minimum Gasteiger partial charge on any atom is -0.465 e. The van der Waals surface area contributed by atoms with Gasteiger partial charge in [-0.15, -0.1) is 0 Å². The van der Waals surface area contributed by atoms with Gasteiger partial charge < -0.3 is 28.4 Å². The van der Waals surface area contributed by atoms with Crippen molar-refractivity contribution in [3.63, 3.8) is 0 Å². The molecular weight excluding hydrogens is 929 g/mol. The zero-order valence-electron chi connectivity index (χ0n) is 49.3. The fourth-order valence-corrected chi connectivity index (χ4v) is 9.51. The lowest BCUT2D eigenvalue weighted by molar-refractivity contribution is -0.157. The van der Waals surface area contributed by atoms with Gasteiger partial charge in [-0.2, -0.15) is 0 Å². The van der Waals surface area contributed by atoms with Crippen LogP contribution in [0.5, 0.6) is 0 Å². The van der Waals surface area contributed by atoms with E-state index in [1.165, 1.54) is 166 Å². The van der Waals surface area contributed by atoms with Crippen molar-refractivity contribution >= 4 is 23.9 Å². The summed E-state index contributed by atoms with van der Waals surface area (Å²) in [7, 11) is 0. The van der Waals surface area contributed by atoms with Crippen molar-refractivity contribution in [1.29, 1.82) is 0 Å². The first-order valence-electron chi connectivity index (χ1n) is 31.0. The molecule has 0 aromatic rings. The maximum atomic E-state index is 12.8. The molecule has 434 valence electrons. The SMILES string of the molecule is C=CC(=O)OCC(CC)(COCCCCCCCCCCCC)COC(=O)CCCCCCC(C)CCCCC(C)CCCCCCC(=O)OCC(CC)(COCCCCCCCCCCCC)COC(=O)C=C. The van der Waals surface area contributed by atoms with Crippen molar-refractivity contribution < 1.29 is 47.6 Å². The maximum absolute atomic E-state index is 12.8. The van der Waals surface area contributed by atoms with Crippen molar-refractivity contribution in [2.24, 2.45) is 22.7 Å². The largest absolute Gasteiger partial charge is 0.465 e. The fourth-order valence-electron chi connectivity index (χ4n) is 9.51. The number of rotatable bonds is 57. The monoisotopic (exact) mass is 1050 g/mol. The van der Waals surface area contributed by atoms with Crippen molar-refractivity contribution in [1.82, 2.24) is 0 Å². The van der Waals surface area contributed by atoms with Gasteiger partial charge in [-0.3, -0.25) is 9.59 Å². The summed E-state index contributed by atoms with van der Waals surface area (Å²) in [6.45, 7) is 23.1. The Hall–Kier alpha value is -2.72. The molecule has 0 radical (unpaired) electrons. The van der Waals surface area contributed by atoms with Crippen molar-refractivity contribution in [3.05, 3.63) is 25.3 Å². The van der Waals surface area contributed by atoms with E-state index in [9.17, 15) is 19.2 Å². The number of hydrogen-bond acceptors (Lipinski definition) is 10. The number of esters is 4. The summed E-state index contributed by atoms with van der Waals surface area (Å²) in [5.41, 5.74) is -1.13. The highest BCUT2D eigenvalue weighted by Gasteiger charge is 2.34. The molecule has 0 rings (SSSR count). The molecule has 10 heteroatoms. The van der Waals surface area contributed by atoms with E-state index in [0.29, 0.717) is 63.9 Å². The van der Waals surface area contributed by atoms with Gasteiger partial charge in [-0.05, 0) is 50.4 Å². The average Bonchev–Trinajstić information content (AvgIpc) is 3.41. The van der Waals surface area contributed by atoms with Gasteiger partial charge >= 0.3 is 23.9 Å². The van der Waals surface area contributed by atoms with Gasteiger partial charge in [-0.1, -0.05) is 247 Å². The molecule has 4 atom stereocenters. The Bertz CT molecular complexity index is 1250. The molecule has 0 amide bonds. The molecule has 0 bridgehead atoms. The topological polar surface area (TPSA) is 124 Å². The first kappa shape index (κ1) is 71.3. The molecule has 4 unspecified atom stereocenters. The molecule has 0 aromatic heterocycles. The summed E-state index contributed by atoms with van der Waals surface area (Å²) >= 11 is 0. The lowest BCUT2D eigenvalue weighted by Gasteiger charge is -2.31. The number of hydrogen-bond donors (Lipinski definition) is 0. The molecule has 0 saturated carbocycles. The van der Waals surface area contributed by atoms with Gasteiger partial charge in [0.2, 0.25) is 0 Å². The van der Waals surface area contributed by atoms with Gasteiger partial charge in [0.05, 0.1) is 24.0 Å². The Labute approximate surface area is 456 Å². The van der Waals surface area contributed by atoms with Gasteiger partial charge in [0.15, 0.2) is 0 Å². The third kappa shape index (κ3) is 43.4. The summed E-state index contributed by atoms with van der Waals surface area (Å²) < 4.78 is 34.6. The second-order valence-electron chi connectivity index (χ2n) is 22.5. The Morgan fingerprint density at radius 3 is 0.946 bits per heavy atom. The first-order valence-corrected chi connectivity index (χ1v) is 31.0. The van der Waals surface area contributed by atoms with Crippen LogP contribution in [0.3, 0.4) is 0 Å². The summed E-state index contributed by atoms with van der Waals surface area (Å²) in [5, 5.41) is 0. The molecule has 0 spiro atoms. The van der Waals surface area contributed by atoms with E-state index in [1.807, 2.05) is 13.8 Å². The van der Waals surface area contributed by atoms with Crippen LogP contribution in [-0.2, 0) is 47.6 Å². The Morgan fingerprint density at radius 2 is 0.635 bits per heavy atom. The van der Waals surface area contributed by atoms with Crippen LogP contribution in [0.4, 0.5) is 0 Å². The highest BCUT2D eigenvalue weighted by atomic mass is 16.6. The molecule has 0 aliphatic rings. The number of unbranched alkanes of at least 4 members (excludes halogenated alkanes) is 25. The maximum Gasteiger partial charge on any atom is 0.330 e. The van der Waals surface area contributed by atoms with Gasteiger partial charge in [-0.25, -0.2) is 9.59 Å². The van der Waals surface area contributed by atoms with Crippen molar-refractivity contribution in [3.8, 4) is 0 Å². The molecule has 0 saturated heterocycles. The van der Waals surface area contributed by atoms with Crippen LogP contribution in [0.15, 0.2) is 25.3 Å². The second-order valence-corrected chi connectivity index (χ2v) is 22.5. The van der Waals surface area contributed by atoms with Crippen LogP contribution in [0.2, 0.25) is 0 Å². The van der Waals surface area contributed by atoms with E-state index in [-0.39, 0.29) is 38.4 Å². The minimum atomic E-state index is -0.566. The van der Waals surface area contributed by atoms with Gasteiger partial charge in [0, 0.05) is 38.2 Å². The van der Waals surface area contributed by atoms with E-state index in [4.69, 9.17) is 28.4 Å². The number of carbonyl (C=O) groups excluding carboxylic acids is 4. The highest BCUT2D eigenvalue weighted by Crippen LogP contribution is 2.27. The van der Waals surface area contributed by atoms with E-state index in [0.717, 1.165) is 64.2 Å². The normalized spacial score (nSPS) is 13.9. The van der Waals surface area contributed by atoms with Crippen LogP contribution in [0.25, 0.3) is 0 Å². The molecule has 0 aliphatic heterocycles. The molecule has 0 heterocycles. The average molecular weight is 1050 g/mol. The summed E-state index contributed by atoms with van der Waals surface area (Å²) in [6.07, 6.45) is 45.8. The van der Waals surface area contributed by atoms with Crippen molar-refractivity contribution in [2.75, 3.05) is 52.9 Å². The van der Waals surface area contributed by atoms with Crippen LogP contribution in [0.1, 0.15) is 286 Å². The van der Waals surface area contributed by atoms with Crippen LogP contribution < -0.4 is 0 Å². The quantitative estimate of drug-likeness (QED) is 0.0252. The summed E-state index contributed by atoms with van der Waals surface area (Å²) in [6, 6.07) is 0.